The van der Waals surface area contributed by atoms with E-state index in [1.807, 2.05) is 13.8 Å². The number of hydrogen-bond acceptors (Lipinski definition) is 12. The number of nitrogens with one attached hydrogen (secondary N) is 2. The van der Waals surface area contributed by atoms with Crippen LogP contribution in [0, 0.1) is 5.92 Å². The molecule has 0 aliphatic carbocycles. The molecule has 2 aliphatic heterocycles. The predicted octanol–water partition coefficient (Wildman–Crippen LogP) is 5.08. The summed E-state index contributed by atoms with van der Waals surface area (Å²) in [6.07, 6.45) is 10.2. The topological polar surface area (TPSA) is 202 Å². The van der Waals surface area contributed by atoms with Gasteiger partial charge in [-0.3, -0.25) is 19.6 Å². The maximum Gasteiger partial charge on any atom is 0.337 e. The zero-order chi connectivity index (χ0) is 37.9. The molecule has 0 radical (unpaired) electrons. The van der Waals surface area contributed by atoms with Crippen molar-refractivity contribution in [2.24, 2.45) is 16.2 Å². The van der Waals surface area contributed by atoms with Gasteiger partial charge in [0.05, 0.1) is 0 Å². The number of rotatable bonds is 10. The van der Waals surface area contributed by atoms with E-state index in [9.17, 15) is 19.2 Å². The second-order valence-corrected chi connectivity index (χ2v) is 13.4. The van der Waals surface area contributed by atoms with Crippen molar-refractivity contribution in [3.63, 3.8) is 0 Å². The molecule has 6 rings (SSSR count). The smallest absolute Gasteiger partial charge is 0.337 e. The van der Waals surface area contributed by atoms with Crippen LogP contribution in [0.4, 0.5) is 0 Å². The van der Waals surface area contributed by atoms with E-state index >= 15 is 0 Å². The average molecular weight is 735 g/mol. The maximum atomic E-state index is 12.4. The second-order valence-electron chi connectivity index (χ2n) is 13.4. The van der Waals surface area contributed by atoms with E-state index in [1.54, 1.807) is 0 Å². The number of fused-ring (bicyclic) bond motifs is 2. The number of H-pyrrole nitrogens is 2. The van der Waals surface area contributed by atoms with Crippen molar-refractivity contribution < 1.29 is 18.5 Å². The van der Waals surface area contributed by atoms with Crippen LogP contribution in [0.2, 0.25) is 0 Å². The highest BCUT2D eigenvalue weighted by Gasteiger charge is 2.20. The summed E-state index contributed by atoms with van der Waals surface area (Å²) in [7, 11) is 0. The first kappa shape index (κ1) is 38.9. The van der Waals surface area contributed by atoms with Gasteiger partial charge in [0.1, 0.15) is 22.4 Å². The Bertz CT molecular complexity index is 2150. The van der Waals surface area contributed by atoms with Crippen molar-refractivity contribution in [2.75, 3.05) is 26.2 Å². The summed E-state index contributed by atoms with van der Waals surface area (Å²) in [6, 6.07) is 2.47. The molecular weight excluding hydrogens is 684 g/mol. The van der Waals surface area contributed by atoms with Crippen molar-refractivity contribution in [1.29, 1.82) is 0 Å². The molecule has 4 aromatic heterocycles. The number of oxime groups is 2. The molecular formula is C37H50N8O8. The van der Waals surface area contributed by atoms with Crippen LogP contribution in [0.15, 0.2) is 50.5 Å². The van der Waals surface area contributed by atoms with Crippen LogP contribution in [0.3, 0.4) is 0 Å². The molecule has 6 heterocycles. The maximum absolute atomic E-state index is 12.4. The normalized spacial score (nSPS) is 15.8. The van der Waals surface area contributed by atoms with E-state index in [0.29, 0.717) is 24.0 Å². The van der Waals surface area contributed by atoms with Crippen LogP contribution in [0.5, 0.6) is 12.0 Å². The highest BCUT2D eigenvalue weighted by atomic mass is 16.6. The number of aromatic amines is 2. The molecule has 0 amide bonds. The highest BCUT2D eigenvalue weighted by Crippen LogP contribution is 2.19. The fourth-order valence-electron chi connectivity index (χ4n) is 6.48. The molecule has 4 aromatic rings. The van der Waals surface area contributed by atoms with Gasteiger partial charge in [0.15, 0.2) is 0 Å². The fourth-order valence-corrected chi connectivity index (χ4v) is 6.48. The van der Waals surface area contributed by atoms with Gasteiger partial charge in [0.25, 0.3) is 11.1 Å². The molecule has 2 saturated heterocycles. The van der Waals surface area contributed by atoms with Crippen molar-refractivity contribution in [2.45, 2.75) is 105 Å². The molecule has 2 N–H and O–H groups in total. The molecule has 0 spiro atoms. The highest BCUT2D eigenvalue weighted by molar-refractivity contribution is 5.82. The fraction of sp³-hybridized carbons (Fsp3) is 0.568. The monoisotopic (exact) mass is 734 g/mol. The quantitative estimate of drug-likeness (QED) is 0.125. The van der Waals surface area contributed by atoms with Gasteiger partial charge in [0, 0.05) is 51.2 Å². The van der Waals surface area contributed by atoms with Crippen LogP contribution < -0.4 is 32.0 Å². The van der Waals surface area contributed by atoms with Crippen molar-refractivity contribution >= 4 is 33.9 Å². The van der Waals surface area contributed by atoms with Crippen LogP contribution in [0.25, 0.3) is 22.2 Å². The molecule has 2 aliphatic rings. The molecule has 0 bridgehead atoms. The number of likely N-dealkylation sites (tertiary alicyclic amines) is 2. The molecule has 2 fully saturated rings. The van der Waals surface area contributed by atoms with Crippen LogP contribution in [-0.4, -0.2) is 67.6 Å². The zero-order valence-electron chi connectivity index (χ0n) is 31.3. The first-order valence-electron chi connectivity index (χ1n) is 18.8. The van der Waals surface area contributed by atoms with E-state index in [2.05, 4.69) is 60.8 Å². The number of aromatic nitrogens is 4. The van der Waals surface area contributed by atoms with Gasteiger partial charge in [-0.05, 0) is 74.8 Å². The van der Waals surface area contributed by atoms with Crippen molar-refractivity contribution in [1.82, 2.24) is 29.7 Å². The second kappa shape index (κ2) is 18.5. The summed E-state index contributed by atoms with van der Waals surface area (Å²) in [5.74, 6) is 2.41. The lowest BCUT2D eigenvalue weighted by Gasteiger charge is -2.32. The summed E-state index contributed by atoms with van der Waals surface area (Å²) in [5.41, 5.74) is -0.761. The summed E-state index contributed by atoms with van der Waals surface area (Å²) in [6.45, 7) is 13.9. The molecule has 53 heavy (non-hydrogen) atoms. The van der Waals surface area contributed by atoms with E-state index in [0.717, 1.165) is 95.1 Å². The van der Waals surface area contributed by atoms with E-state index in [4.69, 9.17) is 18.5 Å². The van der Waals surface area contributed by atoms with Crippen molar-refractivity contribution in [3.05, 3.63) is 64.8 Å². The lowest BCUT2D eigenvalue weighted by molar-refractivity contribution is 0.253. The molecule has 16 nitrogen and oxygen atoms in total. The average Bonchev–Trinajstić information content (AvgIpc) is 3.15. The minimum atomic E-state index is -0.541. The minimum absolute atomic E-state index is 0.0293. The van der Waals surface area contributed by atoms with Gasteiger partial charge in [0.2, 0.25) is 11.4 Å². The number of nitrogens with zero attached hydrogens (tertiary/aromatic N) is 6. The molecule has 286 valence electrons. The van der Waals surface area contributed by atoms with Crippen molar-refractivity contribution in [3.8, 4) is 12.0 Å². The lowest BCUT2D eigenvalue weighted by atomic mass is 9.99. The van der Waals surface area contributed by atoms with E-state index in [-0.39, 0.29) is 34.2 Å². The van der Waals surface area contributed by atoms with Gasteiger partial charge in [-0.25, -0.2) is 9.59 Å². The number of piperidine rings is 2. The Balaban J connectivity index is 0.000000204. The van der Waals surface area contributed by atoms with E-state index < -0.39 is 22.4 Å². The SMILES string of the molecule is CCC/C(=N/Oc1nc2oc(=O)cc(CC)c2c(=O)[nH]1)N1CCC(C)CC1.CCC/C(=N/Oc1nc2oc(=O)cc(CC)c2c(=O)[nH]1)N1CCCCC1. The van der Waals surface area contributed by atoms with Gasteiger partial charge in [-0.1, -0.05) is 44.9 Å². The molecule has 0 aromatic carbocycles. The number of hydrogen-bond donors (Lipinski definition) is 2. The summed E-state index contributed by atoms with van der Waals surface area (Å²) < 4.78 is 10.2. The first-order valence-corrected chi connectivity index (χ1v) is 18.8. The van der Waals surface area contributed by atoms with Gasteiger partial charge >= 0.3 is 23.3 Å². The van der Waals surface area contributed by atoms with Gasteiger partial charge in [-0.15, -0.1) is 0 Å². The van der Waals surface area contributed by atoms with Crippen LogP contribution in [-0.2, 0) is 12.8 Å². The Morgan fingerprint density at radius 2 is 1.15 bits per heavy atom. The Kier molecular flexibility index (Phi) is 13.6. The van der Waals surface area contributed by atoms with Gasteiger partial charge < -0.3 is 28.3 Å². The Hall–Kier alpha value is -5.28. The third-order valence-corrected chi connectivity index (χ3v) is 9.40. The number of aryl methyl sites for hydroxylation is 2. The lowest BCUT2D eigenvalue weighted by Crippen LogP contribution is -2.38. The van der Waals surface area contributed by atoms with Crippen LogP contribution >= 0.6 is 0 Å². The Morgan fingerprint density at radius 3 is 1.57 bits per heavy atom. The van der Waals surface area contributed by atoms with Crippen LogP contribution in [0.1, 0.15) is 104 Å². The zero-order valence-corrected chi connectivity index (χ0v) is 31.3. The van der Waals surface area contributed by atoms with E-state index in [1.165, 1.54) is 18.6 Å². The minimum Gasteiger partial charge on any atom is -0.403 e. The summed E-state index contributed by atoms with van der Waals surface area (Å²) in [4.78, 5) is 76.7. The third kappa shape index (κ3) is 9.99. The standard InChI is InChI=1S/C19H26N4O4.C18H24N4O4/c1-4-6-14(23-9-7-12(3)8-10-23)22-27-19-20-17(25)16-13(5-2)11-15(24)26-18(16)21-19;1-3-8-13(22-9-6-5-7-10-22)21-26-18-19-16(24)15-12(4-2)11-14(23)25-17(15)20-18/h11-12H,4-10H2,1-3H3,(H,20,21,25);11H,3-10H2,1-2H3,(H,19,20,24)/b22-14-;21-13-. The molecule has 16 heteroatoms. The number of amidine groups is 2. The molecule has 0 atom stereocenters. The summed E-state index contributed by atoms with van der Waals surface area (Å²) in [5, 5.41) is 8.99. The Labute approximate surface area is 306 Å². The Morgan fingerprint density at radius 1 is 0.717 bits per heavy atom. The first-order chi connectivity index (χ1) is 25.6. The summed E-state index contributed by atoms with van der Waals surface area (Å²) >= 11 is 0. The third-order valence-electron chi connectivity index (χ3n) is 9.40. The molecule has 0 saturated carbocycles. The predicted molar refractivity (Wildman–Crippen MR) is 202 cm³/mol. The van der Waals surface area contributed by atoms with Gasteiger partial charge in [-0.2, -0.15) is 9.97 Å². The molecule has 0 unspecified atom stereocenters. The largest absolute Gasteiger partial charge is 0.403 e.